The third kappa shape index (κ3) is 2.67. The number of benzene rings is 1. The van der Waals surface area contributed by atoms with E-state index in [9.17, 15) is 4.39 Å². The summed E-state index contributed by atoms with van der Waals surface area (Å²) in [5.41, 5.74) is 7.46. The van der Waals surface area contributed by atoms with E-state index in [0.29, 0.717) is 12.6 Å². The van der Waals surface area contributed by atoms with Crippen molar-refractivity contribution in [2.45, 2.75) is 38.5 Å². The topological polar surface area (TPSA) is 53.1 Å². The first kappa shape index (κ1) is 13.1. The Hall–Kier alpha value is -1.88. The highest BCUT2D eigenvalue weighted by molar-refractivity contribution is 5.30. The number of hydrogen-bond donors (Lipinski definition) is 1. The summed E-state index contributed by atoms with van der Waals surface area (Å²) >= 11 is 0. The average molecular weight is 275 g/mol. The molecule has 4 nitrogen and oxygen atoms in total. The normalized spacial score (nSPS) is 16.1. The number of ether oxygens (including phenoxy) is 1. The van der Waals surface area contributed by atoms with Crippen LogP contribution in [0.2, 0.25) is 0 Å². The van der Waals surface area contributed by atoms with Gasteiger partial charge < -0.3 is 15.0 Å². The molecule has 0 unspecified atom stereocenters. The van der Waals surface area contributed by atoms with Gasteiger partial charge in [-0.15, -0.1) is 0 Å². The second-order valence-corrected chi connectivity index (χ2v) is 5.29. The largest absolute Gasteiger partial charge is 0.484 e. The van der Waals surface area contributed by atoms with E-state index >= 15 is 0 Å². The molecule has 1 atom stereocenters. The minimum absolute atomic E-state index is 0.185. The van der Waals surface area contributed by atoms with Crippen LogP contribution in [0.3, 0.4) is 0 Å². The third-order valence-corrected chi connectivity index (χ3v) is 3.54. The van der Waals surface area contributed by atoms with Gasteiger partial charge in [-0.2, -0.15) is 0 Å². The minimum atomic E-state index is -0.378. The SMILES string of the molecule is C[C@H](N)c1ccc(OCc2cncn2C2CC2)c(F)c1. The molecule has 1 fully saturated rings. The molecular formula is C15H18FN3O. The molecular weight excluding hydrogens is 257 g/mol. The van der Waals surface area contributed by atoms with Gasteiger partial charge in [-0.25, -0.2) is 9.37 Å². The van der Waals surface area contributed by atoms with E-state index < -0.39 is 0 Å². The van der Waals surface area contributed by atoms with Crippen molar-refractivity contribution >= 4 is 0 Å². The van der Waals surface area contributed by atoms with E-state index in [4.69, 9.17) is 10.5 Å². The summed E-state index contributed by atoms with van der Waals surface area (Å²) in [6, 6.07) is 5.21. The quantitative estimate of drug-likeness (QED) is 0.912. The van der Waals surface area contributed by atoms with Crippen LogP contribution in [0, 0.1) is 5.82 Å². The molecule has 2 N–H and O–H groups in total. The van der Waals surface area contributed by atoms with Crippen LogP contribution in [-0.4, -0.2) is 9.55 Å². The van der Waals surface area contributed by atoms with Gasteiger partial charge in [-0.3, -0.25) is 0 Å². The first-order valence-corrected chi connectivity index (χ1v) is 6.83. The number of nitrogens with two attached hydrogens (primary N) is 1. The Bertz CT molecular complexity index is 605. The van der Waals surface area contributed by atoms with Gasteiger partial charge in [0.15, 0.2) is 11.6 Å². The predicted molar refractivity (Wildman–Crippen MR) is 73.8 cm³/mol. The Morgan fingerprint density at radius 2 is 2.30 bits per heavy atom. The first-order valence-electron chi connectivity index (χ1n) is 6.83. The van der Waals surface area contributed by atoms with Crippen LogP contribution < -0.4 is 10.5 Å². The van der Waals surface area contributed by atoms with Crippen LogP contribution in [0.5, 0.6) is 5.75 Å². The van der Waals surface area contributed by atoms with Gasteiger partial charge in [-0.1, -0.05) is 6.07 Å². The average Bonchev–Trinajstić information content (AvgIpc) is 3.16. The molecule has 1 aromatic heterocycles. The van der Waals surface area contributed by atoms with E-state index in [1.165, 1.54) is 18.9 Å². The molecule has 0 spiro atoms. The summed E-state index contributed by atoms with van der Waals surface area (Å²) in [6.45, 7) is 2.15. The van der Waals surface area contributed by atoms with E-state index in [1.807, 2.05) is 13.3 Å². The Balaban J connectivity index is 1.70. The van der Waals surface area contributed by atoms with Crippen LogP contribution in [0.25, 0.3) is 0 Å². The molecule has 20 heavy (non-hydrogen) atoms. The lowest BCUT2D eigenvalue weighted by molar-refractivity contribution is 0.280. The van der Waals surface area contributed by atoms with Crippen LogP contribution in [-0.2, 0) is 6.61 Å². The molecule has 0 bridgehead atoms. The molecule has 2 aromatic rings. The van der Waals surface area contributed by atoms with Crippen molar-refractivity contribution in [1.29, 1.82) is 0 Å². The standard InChI is InChI=1S/C15H18FN3O/c1-10(17)11-2-5-15(14(16)6-11)20-8-13-7-18-9-19(13)12-3-4-12/h2,5-7,9-10,12H,3-4,8,17H2,1H3/t10-/m0/s1. The number of aromatic nitrogens is 2. The smallest absolute Gasteiger partial charge is 0.165 e. The zero-order valence-electron chi connectivity index (χ0n) is 11.4. The number of halogens is 1. The summed E-state index contributed by atoms with van der Waals surface area (Å²) < 4.78 is 21.6. The van der Waals surface area contributed by atoms with Crippen molar-refractivity contribution in [3.63, 3.8) is 0 Å². The van der Waals surface area contributed by atoms with Gasteiger partial charge in [0.25, 0.3) is 0 Å². The molecule has 1 aromatic carbocycles. The molecule has 1 aliphatic rings. The summed E-state index contributed by atoms with van der Waals surface area (Å²) in [7, 11) is 0. The van der Waals surface area contributed by atoms with Gasteiger partial charge in [0, 0.05) is 12.1 Å². The highest BCUT2D eigenvalue weighted by Crippen LogP contribution is 2.35. The lowest BCUT2D eigenvalue weighted by atomic mass is 10.1. The summed E-state index contributed by atoms with van der Waals surface area (Å²) in [5, 5.41) is 0. The number of hydrogen-bond acceptors (Lipinski definition) is 3. The molecule has 106 valence electrons. The van der Waals surface area contributed by atoms with E-state index in [-0.39, 0.29) is 17.6 Å². The zero-order chi connectivity index (χ0) is 14.1. The second kappa shape index (κ2) is 5.25. The Morgan fingerprint density at radius 1 is 1.50 bits per heavy atom. The maximum absolute atomic E-state index is 13.9. The molecule has 0 aliphatic heterocycles. The van der Waals surface area contributed by atoms with Crippen molar-refractivity contribution in [1.82, 2.24) is 9.55 Å². The summed E-state index contributed by atoms with van der Waals surface area (Å²) in [6.07, 6.45) is 5.94. The molecule has 5 heteroatoms. The monoisotopic (exact) mass is 275 g/mol. The Kier molecular flexibility index (Phi) is 3.44. The van der Waals surface area contributed by atoms with Gasteiger partial charge >= 0.3 is 0 Å². The van der Waals surface area contributed by atoms with Gasteiger partial charge in [-0.05, 0) is 37.5 Å². The molecule has 3 rings (SSSR count). The summed E-state index contributed by atoms with van der Waals surface area (Å²) in [4.78, 5) is 4.13. The van der Waals surface area contributed by atoms with Crippen LogP contribution in [0.4, 0.5) is 4.39 Å². The molecule has 1 heterocycles. The predicted octanol–water partition coefficient (Wildman–Crippen LogP) is 2.96. The molecule has 1 saturated carbocycles. The molecule has 0 amide bonds. The number of imidazole rings is 1. The highest BCUT2D eigenvalue weighted by Gasteiger charge is 2.25. The van der Waals surface area contributed by atoms with Crippen molar-refractivity contribution in [3.05, 3.63) is 47.8 Å². The summed E-state index contributed by atoms with van der Waals surface area (Å²) in [5.74, 6) is -0.129. The Labute approximate surface area is 117 Å². The van der Waals surface area contributed by atoms with Crippen molar-refractivity contribution in [2.75, 3.05) is 0 Å². The minimum Gasteiger partial charge on any atom is -0.484 e. The van der Waals surface area contributed by atoms with Crippen molar-refractivity contribution in [3.8, 4) is 5.75 Å². The van der Waals surface area contributed by atoms with E-state index in [1.54, 1.807) is 18.3 Å². The van der Waals surface area contributed by atoms with E-state index in [0.717, 1.165) is 11.3 Å². The molecule has 0 radical (unpaired) electrons. The number of nitrogens with zero attached hydrogens (tertiary/aromatic N) is 2. The highest BCUT2D eigenvalue weighted by atomic mass is 19.1. The lowest BCUT2D eigenvalue weighted by Gasteiger charge is -2.11. The fourth-order valence-corrected chi connectivity index (χ4v) is 2.19. The van der Waals surface area contributed by atoms with E-state index in [2.05, 4.69) is 9.55 Å². The molecule has 0 saturated heterocycles. The van der Waals surface area contributed by atoms with Gasteiger partial charge in [0.05, 0.1) is 18.2 Å². The fourth-order valence-electron chi connectivity index (χ4n) is 2.19. The second-order valence-electron chi connectivity index (χ2n) is 5.29. The Morgan fingerprint density at radius 3 is 2.95 bits per heavy atom. The van der Waals surface area contributed by atoms with Crippen molar-refractivity contribution < 1.29 is 9.13 Å². The van der Waals surface area contributed by atoms with Crippen LogP contribution in [0.15, 0.2) is 30.7 Å². The zero-order valence-corrected chi connectivity index (χ0v) is 11.4. The maximum atomic E-state index is 13.9. The number of rotatable bonds is 5. The first-order chi connectivity index (χ1) is 9.65. The lowest BCUT2D eigenvalue weighted by Crippen LogP contribution is -2.07. The third-order valence-electron chi connectivity index (χ3n) is 3.54. The fraction of sp³-hybridized carbons (Fsp3) is 0.400. The van der Waals surface area contributed by atoms with Crippen LogP contribution in [0.1, 0.15) is 43.1 Å². The van der Waals surface area contributed by atoms with Crippen LogP contribution >= 0.6 is 0 Å². The molecule has 1 aliphatic carbocycles. The van der Waals surface area contributed by atoms with Gasteiger partial charge in [0.2, 0.25) is 0 Å². The van der Waals surface area contributed by atoms with Gasteiger partial charge in [0.1, 0.15) is 6.61 Å². The van der Waals surface area contributed by atoms with Crippen molar-refractivity contribution in [2.24, 2.45) is 5.73 Å². The maximum Gasteiger partial charge on any atom is 0.165 e.